The Kier molecular flexibility index (Phi) is 7.68. The third-order valence-electron chi connectivity index (χ3n) is 7.49. The highest BCUT2D eigenvalue weighted by atomic mass is 16.5. The van der Waals surface area contributed by atoms with Crippen molar-refractivity contribution in [2.24, 2.45) is 0 Å². The molecule has 1 amide bonds. The Balaban J connectivity index is 1.30. The van der Waals surface area contributed by atoms with E-state index < -0.39 is 0 Å². The fraction of sp³-hybridized carbons (Fsp3) is 0.333. The van der Waals surface area contributed by atoms with Gasteiger partial charge in [0.05, 0.1) is 24.3 Å². The summed E-state index contributed by atoms with van der Waals surface area (Å²) in [5, 5.41) is 7.21. The van der Waals surface area contributed by atoms with Crippen molar-refractivity contribution in [2.45, 2.75) is 18.9 Å². The molecule has 5 heterocycles. The number of amides is 1. The first kappa shape index (κ1) is 26.6. The summed E-state index contributed by atoms with van der Waals surface area (Å²) < 4.78 is 12.0. The fourth-order valence-corrected chi connectivity index (χ4v) is 5.25. The van der Waals surface area contributed by atoms with Crippen LogP contribution in [0.4, 0.5) is 23.1 Å². The van der Waals surface area contributed by atoms with E-state index in [1.54, 1.807) is 4.90 Å². The van der Waals surface area contributed by atoms with Gasteiger partial charge in [-0.1, -0.05) is 12.6 Å². The molecule has 0 aliphatic carbocycles. The topological polar surface area (TPSA) is 121 Å². The van der Waals surface area contributed by atoms with E-state index in [0.29, 0.717) is 43.4 Å². The number of nitrogens with zero attached hydrogens (tertiary/aromatic N) is 5. The molecule has 41 heavy (non-hydrogen) atoms. The Bertz CT molecular complexity index is 1520. The molecule has 212 valence electrons. The Labute approximate surface area is 238 Å². The zero-order valence-electron chi connectivity index (χ0n) is 23.1. The van der Waals surface area contributed by atoms with Crippen molar-refractivity contribution in [1.82, 2.24) is 24.8 Å². The number of benzene rings is 1. The van der Waals surface area contributed by atoms with Gasteiger partial charge in [0.2, 0.25) is 17.7 Å². The summed E-state index contributed by atoms with van der Waals surface area (Å²) in [5.74, 6) is 1.61. The SMILES string of the molecule is C=CC(=O)N1CCC(Oc2nc(Nc3ccc(N4CCOCC4)cc3)nc3[nH]cc(-c4cccc(NC)n4)c23)CC1. The number of hydrogen-bond acceptors (Lipinski definition) is 9. The first-order chi connectivity index (χ1) is 20.1. The van der Waals surface area contributed by atoms with Crippen molar-refractivity contribution >= 4 is 40.1 Å². The number of carbonyl (C=O) groups excluding carboxylic acids is 1. The number of nitrogens with one attached hydrogen (secondary N) is 3. The number of pyridine rings is 1. The molecule has 4 aromatic rings. The highest BCUT2D eigenvalue weighted by Gasteiger charge is 2.25. The van der Waals surface area contributed by atoms with E-state index in [4.69, 9.17) is 24.4 Å². The van der Waals surface area contributed by atoms with Crippen molar-refractivity contribution in [3.8, 4) is 17.1 Å². The average molecular weight is 555 g/mol. The number of rotatable bonds is 8. The maximum Gasteiger partial charge on any atom is 0.245 e. The summed E-state index contributed by atoms with van der Waals surface area (Å²) in [6.07, 6.45) is 4.55. The Hall–Kier alpha value is -4.64. The zero-order chi connectivity index (χ0) is 28.2. The monoisotopic (exact) mass is 554 g/mol. The first-order valence-corrected chi connectivity index (χ1v) is 13.9. The largest absolute Gasteiger partial charge is 0.474 e. The molecule has 0 unspecified atom stereocenters. The standard InChI is InChI=1S/C30H34N8O3/c1-3-26(39)38-13-11-22(12-14-38)41-29-27-23(24-5-4-6-25(31-2)34-24)19-32-28(27)35-30(36-29)33-20-7-9-21(10-8-20)37-15-17-40-18-16-37/h3-10,19,22H,1,11-18H2,2H3,(H,31,34)(H2,32,33,35,36). The van der Waals surface area contributed by atoms with E-state index in [1.165, 1.54) is 6.08 Å². The van der Waals surface area contributed by atoms with E-state index in [2.05, 4.69) is 39.2 Å². The lowest BCUT2D eigenvalue weighted by atomic mass is 10.1. The van der Waals surface area contributed by atoms with Crippen LogP contribution >= 0.6 is 0 Å². The molecule has 0 spiro atoms. The van der Waals surface area contributed by atoms with E-state index in [-0.39, 0.29) is 12.0 Å². The van der Waals surface area contributed by atoms with E-state index >= 15 is 0 Å². The minimum atomic E-state index is -0.0954. The molecule has 0 radical (unpaired) electrons. The Morgan fingerprint density at radius 1 is 1.07 bits per heavy atom. The van der Waals surface area contributed by atoms with Crippen LogP contribution in [0, 0.1) is 0 Å². The van der Waals surface area contributed by atoms with Crippen LogP contribution in [-0.2, 0) is 9.53 Å². The molecule has 3 aromatic heterocycles. The summed E-state index contributed by atoms with van der Waals surface area (Å²) in [4.78, 5) is 33.8. The van der Waals surface area contributed by atoms with Gasteiger partial charge in [0.1, 0.15) is 17.6 Å². The van der Waals surface area contributed by atoms with Crippen LogP contribution in [0.3, 0.4) is 0 Å². The van der Waals surface area contributed by atoms with E-state index in [1.807, 2.05) is 43.6 Å². The van der Waals surface area contributed by atoms with Crippen LogP contribution in [0.2, 0.25) is 0 Å². The quantitative estimate of drug-likeness (QED) is 0.275. The molecule has 3 N–H and O–H groups in total. The van der Waals surface area contributed by atoms with Gasteiger partial charge in [-0.3, -0.25) is 4.79 Å². The number of anilines is 4. The third kappa shape index (κ3) is 5.80. The number of likely N-dealkylation sites (tertiary alicyclic amines) is 1. The van der Waals surface area contributed by atoms with Crippen LogP contribution in [-0.4, -0.2) is 83.3 Å². The maximum absolute atomic E-state index is 12.1. The lowest BCUT2D eigenvalue weighted by molar-refractivity contribution is -0.127. The lowest BCUT2D eigenvalue weighted by Crippen LogP contribution is -2.41. The molecule has 0 atom stereocenters. The highest BCUT2D eigenvalue weighted by molar-refractivity contribution is 5.97. The number of fused-ring (bicyclic) bond motifs is 1. The van der Waals surface area contributed by atoms with Crippen molar-refractivity contribution < 1.29 is 14.3 Å². The first-order valence-electron chi connectivity index (χ1n) is 13.9. The zero-order valence-corrected chi connectivity index (χ0v) is 23.1. The predicted octanol–water partition coefficient (Wildman–Crippen LogP) is 4.20. The maximum atomic E-state index is 12.1. The Morgan fingerprint density at radius 2 is 1.85 bits per heavy atom. The second-order valence-electron chi connectivity index (χ2n) is 10.1. The second-order valence-corrected chi connectivity index (χ2v) is 10.1. The van der Waals surface area contributed by atoms with Crippen LogP contribution in [0.1, 0.15) is 12.8 Å². The number of aromatic nitrogens is 4. The molecule has 2 saturated heterocycles. The number of H-pyrrole nitrogens is 1. The molecular formula is C30H34N8O3. The molecule has 2 aliphatic heterocycles. The normalized spacial score (nSPS) is 16.0. The summed E-state index contributed by atoms with van der Waals surface area (Å²) in [6.45, 7) is 8.08. The van der Waals surface area contributed by atoms with Crippen LogP contribution in [0.15, 0.2) is 61.3 Å². The second kappa shape index (κ2) is 11.8. The van der Waals surface area contributed by atoms with Crippen molar-refractivity contribution in [3.05, 3.63) is 61.3 Å². The van der Waals surface area contributed by atoms with Gasteiger partial charge in [-0.2, -0.15) is 9.97 Å². The van der Waals surface area contributed by atoms with Gasteiger partial charge in [-0.25, -0.2) is 4.98 Å². The van der Waals surface area contributed by atoms with Crippen LogP contribution in [0.25, 0.3) is 22.3 Å². The number of piperidine rings is 1. The van der Waals surface area contributed by atoms with Gasteiger partial charge in [-0.15, -0.1) is 0 Å². The molecule has 1 aromatic carbocycles. The average Bonchev–Trinajstić information content (AvgIpc) is 3.46. The molecule has 0 saturated carbocycles. The summed E-state index contributed by atoms with van der Waals surface area (Å²) in [5.41, 5.74) is 4.31. The van der Waals surface area contributed by atoms with E-state index in [0.717, 1.165) is 60.1 Å². The number of carbonyl (C=O) groups is 1. The van der Waals surface area contributed by atoms with Crippen LogP contribution in [0.5, 0.6) is 5.88 Å². The summed E-state index contributed by atoms with van der Waals surface area (Å²) in [7, 11) is 1.84. The predicted molar refractivity (Wildman–Crippen MR) is 160 cm³/mol. The number of hydrogen-bond donors (Lipinski definition) is 3. The van der Waals surface area contributed by atoms with E-state index in [9.17, 15) is 4.79 Å². The van der Waals surface area contributed by atoms with Crippen molar-refractivity contribution in [1.29, 1.82) is 0 Å². The molecule has 0 bridgehead atoms. The summed E-state index contributed by atoms with van der Waals surface area (Å²) in [6, 6.07) is 14.1. The van der Waals surface area contributed by atoms with Gasteiger partial charge in [-0.05, 0) is 42.5 Å². The molecule has 2 aliphatic rings. The van der Waals surface area contributed by atoms with Crippen molar-refractivity contribution in [3.63, 3.8) is 0 Å². The Morgan fingerprint density at radius 3 is 2.59 bits per heavy atom. The smallest absolute Gasteiger partial charge is 0.245 e. The molecule has 11 heteroatoms. The van der Waals surface area contributed by atoms with Gasteiger partial charge in [0, 0.05) is 69.2 Å². The van der Waals surface area contributed by atoms with Gasteiger partial charge in [0.15, 0.2) is 0 Å². The number of aromatic amines is 1. The minimum Gasteiger partial charge on any atom is -0.474 e. The van der Waals surface area contributed by atoms with Crippen LogP contribution < -0.4 is 20.3 Å². The van der Waals surface area contributed by atoms with Gasteiger partial charge in [0.25, 0.3) is 0 Å². The molecule has 2 fully saturated rings. The summed E-state index contributed by atoms with van der Waals surface area (Å²) >= 11 is 0. The highest BCUT2D eigenvalue weighted by Crippen LogP contribution is 2.36. The van der Waals surface area contributed by atoms with Gasteiger partial charge >= 0.3 is 0 Å². The fourth-order valence-electron chi connectivity index (χ4n) is 5.25. The molecule has 6 rings (SSSR count). The lowest BCUT2D eigenvalue weighted by Gasteiger charge is -2.31. The van der Waals surface area contributed by atoms with Crippen molar-refractivity contribution in [2.75, 3.05) is 62.0 Å². The number of morpholine rings is 1. The minimum absolute atomic E-state index is 0.0533. The third-order valence-corrected chi connectivity index (χ3v) is 7.49. The number of ether oxygens (including phenoxy) is 2. The van der Waals surface area contributed by atoms with Gasteiger partial charge < -0.3 is 34.9 Å². The molecule has 11 nitrogen and oxygen atoms in total. The molecular weight excluding hydrogens is 520 g/mol.